The van der Waals surface area contributed by atoms with Crippen LogP contribution in [-0.2, 0) is 9.84 Å². The molecule has 0 aromatic heterocycles. The van der Waals surface area contributed by atoms with Gasteiger partial charge in [-0.05, 0) is 32.9 Å². The minimum Gasteiger partial charge on any atom is -0.492 e. The molecule has 0 aliphatic carbocycles. The predicted octanol–water partition coefficient (Wildman–Crippen LogP) is 2.06. The largest absolute Gasteiger partial charge is 0.492 e. The summed E-state index contributed by atoms with van der Waals surface area (Å²) in [6.45, 7) is 6.49. The maximum atomic E-state index is 12.0. The summed E-state index contributed by atoms with van der Waals surface area (Å²) >= 11 is 0. The molecule has 0 radical (unpaired) electrons. The SMILES string of the molecule is CN=C(NCCOc1ccccc1)NCCS(=O)(=O)C(C)(C)C.I. The average molecular weight is 469 g/mol. The van der Waals surface area contributed by atoms with Crippen molar-refractivity contribution in [3.63, 3.8) is 0 Å². The Morgan fingerprint density at radius 3 is 2.25 bits per heavy atom. The standard InChI is InChI=1S/C16H27N3O3S.HI/c1-16(2,3)23(20,21)13-11-19-15(17-4)18-10-12-22-14-8-6-5-7-9-14;/h5-9H,10-13H2,1-4H3,(H2,17,18,19);1H. The van der Waals surface area contributed by atoms with Crippen LogP contribution in [0.4, 0.5) is 0 Å². The molecule has 24 heavy (non-hydrogen) atoms. The highest BCUT2D eigenvalue weighted by molar-refractivity contribution is 14.0. The fraction of sp³-hybridized carbons (Fsp3) is 0.562. The Bertz CT molecular complexity index is 599. The van der Waals surface area contributed by atoms with Gasteiger partial charge in [-0.2, -0.15) is 0 Å². The van der Waals surface area contributed by atoms with Gasteiger partial charge in [0.1, 0.15) is 12.4 Å². The second-order valence-electron chi connectivity index (χ2n) is 6.02. The molecule has 6 nitrogen and oxygen atoms in total. The van der Waals surface area contributed by atoms with E-state index in [0.717, 1.165) is 5.75 Å². The van der Waals surface area contributed by atoms with E-state index in [1.54, 1.807) is 27.8 Å². The Morgan fingerprint density at radius 2 is 1.71 bits per heavy atom. The first-order valence-corrected chi connectivity index (χ1v) is 9.26. The molecule has 0 bridgehead atoms. The molecule has 0 spiro atoms. The number of aliphatic imine (C=N–C) groups is 1. The maximum Gasteiger partial charge on any atom is 0.191 e. The summed E-state index contributed by atoms with van der Waals surface area (Å²) in [4.78, 5) is 4.06. The third kappa shape index (κ3) is 8.18. The first kappa shape index (κ1) is 23.0. The normalized spacial score (nSPS) is 12.2. The van der Waals surface area contributed by atoms with Gasteiger partial charge in [0, 0.05) is 13.6 Å². The Hall–Kier alpha value is -1.03. The molecule has 0 amide bonds. The number of sulfone groups is 1. The van der Waals surface area contributed by atoms with Crippen molar-refractivity contribution in [3.05, 3.63) is 30.3 Å². The van der Waals surface area contributed by atoms with Gasteiger partial charge in [0.15, 0.2) is 15.8 Å². The van der Waals surface area contributed by atoms with Crippen molar-refractivity contribution in [1.29, 1.82) is 0 Å². The smallest absolute Gasteiger partial charge is 0.191 e. The zero-order chi connectivity index (χ0) is 17.3. The molecule has 8 heteroatoms. The average Bonchev–Trinajstić information content (AvgIpc) is 2.49. The molecule has 0 fully saturated rings. The van der Waals surface area contributed by atoms with Crippen LogP contribution in [0, 0.1) is 0 Å². The lowest BCUT2D eigenvalue weighted by Gasteiger charge is -2.19. The summed E-state index contributed by atoms with van der Waals surface area (Å²) in [7, 11) is -1.49. The van der Waals surface area contributed by atoms with Crippen LogP contribution in [0.2, 0.25) is 0 Å². The van der Waals surface area contributed by atoms with E-state index in [0.29, 0.717) is 25.7 Å². The number of halogens is 1. The second kappa shape index (κ2) is 10.8. The molecule has 0 saturated carbocycles. The summed E-state index contributed by atoms with van der Waals surface area (Å²) in [5.41, 5.74) is 0. The minimum absolute atomic E-state index is 0. The first-order chi connectivity index (χ1) is 10.8. The molecule has 0 aliphatic rings. The number of para-hydroxylation sites is 1. The van der Waals surface area contributed by atoms with E-state index >= 15 is 0 Å². The fourth-order valence-electron chi connectivity index (χ4n) is 1.69. The van der Waals surface area contributed by atoms with Gasteiger partial charge < -0.3 is 15.4 Å². The third-order valence-electron chi connectivity index (χ3n) is 3.23. The summed E-state index contributed by atoms with van der Waals surface area (Å²) in [5.74, 6) is 1.44. The monoisotopic (exact) mass is 469 g/mol. The lowest BCUT2D eigenvalue weighted by atomic mass is 10.3. The van der Waals surface area contributed by atoms with Crippen LogP contribution in [0.15, 0.2) is 35.3 Å². The predicted molar refractivity (Wildman–Crippen MR) is 110 cm³/mol. The molecule has 0 aliphatic heterocycles. The highest BCUT2D eigenvalue weighted by atomic mass is 127. The van der Waals surface area contributed by atoms with Crippen molar-refractivity contribution >= 4 is 39.8 Å². The molecule has 138 valence electrons. The van der Waals surface area contributed by atoms with E-state index in [1.807, 2.05) is 30.3 Å². The van der Waals surface area contributed by atoms with Gasteiger partial charge in [-0.1, -0.05) is 18.2 Å². The summed E-state index contributed by atoms with van der Waals surface area (Å²) in [6.07, 6.45) is 0. The van der Waals surface area contributed by atoms with Crippen LogP contribution in [0.5, 0.6) is 5.75 Å². The van der Waals surface area contributed by atoms with Crippen molar-refractivity contribution in [2.75, 3.05) is 32.5 Å². The minimum atomic E-state index is -3.13. The summed E-state index contributed by atoms with van der Waals surface area (Å²) < 4.78 is 28.9. The van der Waals surface area contributed by atoms with Gasteiger partial charge >= 0.3 is 0 Å². The van der Waals surface area contributed by atoms with E-state index < -0.39 is 14.6 Å². The summed E-state index contributed by atoms with van der Waals surface area (Å²) in [6, 6.07) is 9.55. The van der Waals surface area contributed by atoms with E-state index in [9.17, 15) is 8.42 Å². The number of benzene rings is 1. The molecule has 0 unspecified atom stereocenters. The Labute approximate surface area is 162 Å². The zero-order valence-corrected chi connectivity index (χ0v) is 17.9. The van der Waals surface area contributed by atoms with Crippen LogP contribution >= 0.6 is 24.0 Å². The lowest BCUT2D eigenvalue weighted by Crippen LogP contribution is -2.42. The number of ether oxygens (including phenoxy) is 1. The molecule has 1 aromatic rings. The van der Waals surface area contributed by atoms with Crippen LogP contribution in [0.25, 0.3) is 0 Å². The first-order valence-electron chi connectivity index (χ1n) is 7.61. The summed E-state index contributed by atoms with van der Waals surface area (Å²) in [5, 5.41) is 6.08. The number of guanidine groups is 1. The second-order valence-corrected chi connectivity index (χ2v) is 8.88. The van der Waals surface area contributed by atoms with Crippen molar-refractivity contribution in [2.24, 2.45) is 4.99 Å². The van der Waals surface area contributed by atoms with E-state index in [1.165, 1.54) is 0 Å². The molecular formula is C16H28IN3O3S. The zero-order valence-electron chi connectivity index (χ0n) is 14.7. The van der Waals surface area contributed by atoms with Crippen molar-refractivity contribution < 1.29 is 13.2 Å². The van der Waals surface area contributed by atoms with Gasteiger partial charge in [-0.25, -0.2) is 8.42 Å². The van der Waals surface area contributed by atoms with Crippen LogP contribution in [-0.4, -0.2) is 51.6 Å². The van der Waals surface area contributed by atoms with E-state index in [-0.39, 0.29) is 29.7 Å². The van der Waals surface area contributed by atoms with E-state index in [2.05, 4.69) is 15.6 Å². The van der Waals surface area contributed by atoms with E-state index in [4.69, 9.17) is 4.74 Å². The number of nitrogens with zero attached hydrogens (tertiary/aromatic N) is 1. The fourth-order valence-corrected chi connectivity index (χ4v) is 2.67. The molecule has 0 saturated heterocycles. The number of nitrogens with one attached hydrogen (secondary N) is 2. The molecule has 0 heterocycles. The molecular weight excluding hydrogens is 441 g/mol. The Kier molecular flexibility index (Phi) is 10.3. The number of hydrogen-bond acceptors (Lipinski definition) is 4. The maximum absolute atomic E-state index is 12.0. The Balaban J connectivity index is 0.00000529. The molecule has 2 N–H and O–H groups in total. The van der Waals surface area contributed by atoms with Crippen LogP contribution < -0.4 is 15.4 Å². The third-order valence-corrected chi connectivity index (χ3v) is 5.83. The lowest BCUT2D eigenvalue weighted by molar-refractivity contribution is 0.322. The van der Waals surface area contributed by atoms with Crippen molar-refractivity contribution in [2.45, 2.75) is 25.5 Å². The molecule has 1 rings (SSSR count). The molecule has 1 aromatic carbocycles. The number of rotatable bonds is 7. The van der Waals surface area contributed by atoms with Crippen molar-refractivity contribution in [1.82, 2.24) is 10.6 Å². The highest BCUT2D eigenvalue weighted by Crippen LogP contribution is 2.15. The van der Waals surface area contributed by atoms with Crippen molar-refractivity contribution in [3.8, 4) is 5.75 Å². The molecule has 0 atom stereocenters. The highest BCUT2D eigenvalue weighted by Gasteiger charge is 2.28. The quantitative estimate of drug-likeness (QED) is 0.277. The van der Waals surface area contributed by atoms with Gasteiger partial charge in [-0.15, -0.1) is 24.0 Å². The van der Waals surface area contributed by atoms with Gasteiger partial charge in [-0.3, -0.25) is 4.99 Å². The van der Waals surface area contributed by atoms with Gasteiger partial charge in [0.25, 0.3) is 0 Å². The topological polar surface area (TPSA) is 79.8 Å². The number of hydrogen-bond donors (Lipinski definition) is 2. The van der Waals surface area contributed by atoms with Gasteiger partial charge in [0.05, 0.1) is 17.0 Å². The van der Waals surface area contributed by atoms with Gasteiger partial charge in [0.2, 0.25) is 0 Å². The Morgan fingerprint density at radius 1 is 1.12 bits per heavy atom. The van der Waals surface area contributed by atoms with Crippen LogP contribution in [0.3, 0.4) is 0 Å². The van der Waals surface area contributed by atoms with Crippen LogP contribution in [0.1, 0.15) is 20.8 Å².